The van der Waals surface area contributed by atoms with Crippen molar-refractivity contribution in [2.24, 2.45) is 5.41 Å². The molecule has 0 aliphatic carbocycles. The SMILES string of the molecule is C=C(Br)CC1(C(=O)O)CCN(C(=O)O)C1. The first-order chi connectivity index (χ1) is 6.87. The highest BCUT2D eigenvalue weighted by atomic mass is 79.9. The Kier molecular flexibility index (Phi) is 3.38. The van der Waals surface area contributed by atoms with E-state index in [0.29, 0.717) is 10.9 Å². The van der Waals surface area contributed by atoms with Gasteiger partial charge in [0, 0.05) is 13.1 Å². The molecule has 0 aromatic carbocycles. The minimum atomic E-state index is -1.07. The topological polar surface area (TPSA) is 77.8 Å². The maximum Gasteiger partial charge on any atom is 0.407 e. The first kappa shape index (κ1) is 12.0. The summed E-state index contributed by atoms with van der Waals surface area (Å²) in [5.74, 6) is -0.966. The number of nitrogens with zero attached hydrogens (tertiary/aromatic N) is 1. The van der Waals surface area contributed by atoms with Crippen LogP contribution in [0.3, 0.4) is 0 Å². The van der Waals surface area contributed by atoms with Gasteiger partial charge < -0.3 is 15.1 Å². The molecule has 1 fully saturated rings. The van der Waals surface area contributed by atoms with Crippen LogP contribution in [0.1, 0.15) is 12.8 Å². The van der Waals surface area contributed by atoms with Crippen LogP contribution in [-0.4, -0.2) is 40.3 Å². The molecular formula is C9H12BrNO4. The minimum Gasteiger partial charge on any atom is -0.481 e. The van der Waals surface area contributed by atoms with Gasteiger partial charge in [-0.1, -0.05) is 22.5 Å². The van der Waals surface area contributed by atoms with Crippen LogP contribution in [0.25, 0.3) is 0 Å². The standard InChI is InChI=1S/C9H12BrNO4/c1-6(10)4-9(7(12)13)2-3-11(5-9)8(14)15/h1-5H2,(H,12,13)(H,14,15). The average molecular weight is 278 g/mol. The number of aliphatic carboxylic acids is 1. The van der Waals surface area contributed by atoms with E-state index in [1.165, 1.54) is 0 Å². The lowest BCUT2D eigenvalue weighted by Gasteiger charge is -2.23. The summed E-state index contributed by atoms with van der Waals surface area (Å²) in [4.78, 5) is 23.0. The highest BCUT2D eigenvalue weighted by Crippen LogP contribution is 2.38. The summed E-state index contributed by atoms with van der Waals surface area (Å²) in [6, 6.07) is 0. The third-order valence-corrected chi connectivity index (χ3v) is 2.89. The van der Waals surface area contributed by atoms with Gasteiger partial charge in [0.25, 0.3) is 0 Å². The van der Waals surface area contributed by atoms with E-state index in [1.54, 1.807) is 0 Å². The fourth-order valence-corrected chi connectivity index (χ4v) is 2.33. The largest absolute Gasteiger partial charge is 0.481 e. The fraction of sp³-hybridized carbons (Fsp3) is 0.556. The van der Waals surface area contributed by atoms with Crippen LogP contribution < -0.4 is 0 Å². The highest BCUT2D eigenvalue weighted by molar-refractivity contribution is 9.11. The summed E-state index contributed by atoms with van der Waals surface area (Å²) in [6.07, 6.45) is -0.482. The van der Waals surface area contributed by atoms with E-state index < -0.39 is 17.5 Å². The summed E-state index contributed by atoms with van der Waals surface area (Å²) in [5, 5.41) is 17.9. The zero-order valence-corrected chi connectivity index (χ0v) is 9.66. The number of allylic oxidation sites excluding steroid dienone is 1. The minimum absolute atomic E-state index is 0.0300. The number of amides is 1. The van der Waals surface area contributed by atoms with Crippen molar-refractivity contribution in [3.05, 3.63) is 11.1 Å². The lowest BCUT2D eigenvalue weighted by Crippen LogP contribution is -2.36. The Labute approximate surface area is 95.5 Å². The van der Waals surface area contributed by atoms with E-state index in [4.69, 9.17) is 10.2 Å². The zero-order valence-electron chi connectivity index (χ0n) is 8.07. The normalized spacial score (nSPS) is 25.3. The van der Waals surface area contributed by atoms with Gasteiger partial charge >= 0.3 is 12.1 Å². The molecular weight excluding hydrogens is 266 g/mol. The number of halogens is 1. The van der Waals surface area contributed by atoms with E-state index in [1.807, 2.05) is 0 Å². The van der Waals surface area contributed by atoms with Crippen molar-refractivity contribution in [2.75, 3.05) is 13.1 Å². The Hall–Kier alpha value is -1.04. The van der Waals surface area contributed by atoms with Crippen LogP contribution in [0.5, 0.6) is 0 Å². The molecule has 0 spiro atoms. The summed E-state index contributed by atoms with van der Waals surface area (Å²) in [6.45, 7) is 3.90. The first-order valence-electron chi connectivity index (χ1n) is 4.42. The molecule has 0 saturated carbocycles. The quantitative estimate of drug-likeness (QED) is 0.824. The van der Waals surface area contributed by atoms with Gasteiger partial charge in [0.1, 0.15) is 0 Å². The number of carbonyl (C=O) groups is 2. The van der Waals surface area contributed by atoms with Crippen molar-refractivity contribution < 1.29 is 19.8 Å². The number of hydrogen-bond acceptors (Lipinski definition) is 2. The van der Waals surface area contributed by atoms with Crippen molar-refractivity contribution in [1.82, 2.24) is 4.90 Å². The Bertz CT molecular complexity index is 317. The average Bonchev–Trinajstić information content (AvgIpc) is 2.48. The fourth-order valence-electron chi connectivity index (χ4n) is 1.80. The molecule has 1 rings (SSSR count). The molecule has 0 aromatic rings. The number of rotatable bonds is 3. The Balaban J connectivity index is 2.82. The molecule has 0 aromatic heterocycles. The lowest BCUT2D eigenvalue weighted by molar-refractivity contribution is -0.147. The van der Waals surface area contributed by atoms with Crippen molar-refractivity contribution >= 4 is 28.0 Å². The maximum atomic E-state index is 11.1. The Morgan fingerprint density at radius 2 is 2.07 bits per heavy atom. The molecule has 1 heterocycles. The lowest BCUT2D eigenvalue weighted by atomic mass is 9.84. The van der Waals surface area contributed by atoms with Crippen molar-refractivity contribution in [3.8, 4) is 0 Å². The molecule has 1 atom stereocenters. The van der Waals surface area contributed by atoms with E-state index in [9.17, 15) is 9.59 Å². The van der Waals surface area contributed by atoms with E-state index in [-0.39, 0.29) is 19.5 Å². The molecule has 1 aliphatic heterocycles. The second-order valence-corrected chi connectivity index (χ2v) is 4.86. The maximum absolute atomic E-state index is 11.1. The molecule has 6 heteroatoms. The molecule has 84 valence electrons. The van der Waals surface area contributed by atoms with Gasteiger partial charge in [-0.05, 0) is 17.3 Å². The Morgan fingerprint density at radius 3 is 2.40 bits per heavy atom. The van der Waals surface area contributed by atoms with E-state index in [0.717, 1.165) is 4.90 Å². The second kappa shape index (κ2) is 4.22. The summed E-state index contributed by atoms with van der Waals surface area (Å²) in [5.41, 5.74) is -1.01. The number of carboxylic acids is 1. The van der Waals surface area contributed by atoms with E-state index >= 15 is 0 Å². The van der Waals surface area contributed by atoms with Gasteiger partial charge in [-0.3, -0.25) is 4.79 Å². The molecule has 1 unspecified atom stereocenters. The van der Waals surface area contributed by atoms with Crippen molar-refractivity contribution in [1.29, 1.82) is 0 Å². The number of hydrogen-bond donors (Lipinski definition) is 2. The first-order valence-corrected chi connectivity index (χ1v) is 5.21. The van der Waals surface area contributed by atoms with Crippen LogP contribution in [0, 0.1) is 5.41 Å². The van der Waals surface area contributed by atoms with Crippen LogP contribution >= 0.6 is 15.9 Å². The summed E-state index contributed by atoms with van der Waals surface area (Å²) >= 11 is 3.12. The molecule has 2 N–H and O–H groups in total. The predicted octanol–water partition coefficient (Wildman–Crippen LogP) is 1.74. The zero-order chi connectivity index (χ0) is 11.6. The monoisotopic (exact) mass is 277 g/mol. The molecule has 1 saturated heterocycles. The Morgan fingerprint density at radius 1 is 1.47 bits per heavy atom. The summed E-state index contributed by atoms with van der Waals surface area (Å²) < 4.78 is 0.581. The van der Waals surface area contributed by atoms with Crippen molar-refractivity contribution in [2.45, 2.75) is 12.8 Å². The van der Waals surface area contributed by atoms with Crippen LogP contribution in [0.15, 0.2) is 11.1 Å². The van der Waals surface area contributed by atoms with Gasteiger partial charge in [0.05, 0.1) is 5.41 Å². The van der Waals surface area contributed by atoms with Gasteiger partial charge in [0.15, 0.2) is 0 Å². The number of likely N-dealkylation sites (tertiary alicyclic amines) is 1. The number of carboxylic acid groups (broad SMARTS) is 2. The highest BCUT2D eigenvalue weighted by Gasteiger charge is 2.46. The van der Waals surface area contributed by atoms with Crippen LogP contribution in [0.2, 0.25) is 0 Å². The van der Waals surface area contributed by atoms with E-state index in [2.05, 4.69) is 22.5 Å². The smallest absolute Gasteiger partial charge is 0.407 e. The third-order valence-electron chi connectivity index (χ3n) is 2.61. The molecule has 1 amide bonds. The van der Waals surface area contributed by atoms with Crippen molar-refractivity contribution in [3.63, 3.8) is 0 Å². The molecule has 15 heavy (non-hydrogen) atoms. The predicted molar refractivity (Wildman–Crippen MR) is 57.0 cm³/mol. The molecule has 0 radical (unpaired) electrons. The van der Waals surface area contributed by atoms with Gasteiger partial charge in [-0.15, -0.1) is 0 Å². The molecule has 0 bridgehead atoms. The van der Waals surface area contributed by atoms with Crippen LogP contribution in [0.4, 0.5) is 4.79 Å². The molecule has 1 aliphatic rings. The van der Waals surface area contributed by atoms with Gasteiger partial charge in [0.2, 0.25) is 0 Å². The third kappa shape index (κ3) is 2.50. The van der Waals surface area contributed by atoms with Gasteiger partial charge in [-0.25, -0.2) is 4.79 Å². The van der Waals surface area contributed by atoms with Gasteiger partial charge in [-0.2, -0.15) is 0 Å². The van der Waals surface area contributed by atoms with Crippen LogP contribution in [-0.2, 0) is 4.79 Å². The summed E-state index contributed by atoms with van der Waals surface area (Å²) in [7, 11) is 0. The molecule has 5 nitrogen and oxygen atoms in total. The second-order valence-electron chi connectivity index (χ2n) is 3.73.